The van der Waals surface area contributed by atoms with Gasteiger partial charge in [0.05, 0.1) is 0 Å². The number of nitrogens with two attached hydrogens (primary N) is 1. The molecular formula is C13H15N3O3. The number of benzene rings is 1. The summed E-state index contributed by atoms with van der Waals surface area (Å²) in [6, 6.07) is 7.69. The minimum atomic E-state index is -0.964. The fraction of sp³-hybridized carbons (Fsp3) is 0.231. The number of amides is 2. The number of aromatic amines is 1. The molecule has 4 N–H and O–H groups in total. The highest BCUT2D eigenvalue weighted by atomic mass is 16.6. The molecule has 2 amide bonds. The van der Waals surface area contributed by atoms with Crippen LogP contribution < -0.4 is 11.1 Å². The Balaban J connectivity index is 2.25. The van der Waals surface area contributed by atoms with Crippen LogP contribution in [0.4, 0.5) is 4.79 Å². The van der Waals surface area contributed by atoms with Crippen molar-refractivity contribution in [3.63, 3.8) is 0 Å². The van der Waals surface area contributed by atoms with Crippen molar-refractivity contribution in [1.82, 2.24) is 10.3 Å². The smallest absolute Gasteiger partial charge is 0.405 e. The van der Waals surface area contributed by atoms with Gasteiger partial charge in [-0.05, 0) is 11.6 Å². The van der Waals surface area contributed by atoms with E-state index in [-0.39, 0.29) is 12.3 Å². The third-order valence-corrected chi connectivity index (χ3v) is 2.88. The molecule has 100 valence electrons. The second-order valence-electron chi connectivity index (χ2n) is 4.10. The first kappa shape index (κ1) is 12.9. The molecule has 0 radical (unpaired) electrons. The van der Waals surface area contributed by atoms with E-state index in [1.54, 1.807) is 6.20 Å². The number of nitrogens with one attached hydrogen (secondary N) is 2. The summed E-state index contributed by atoms with van der Waals surface area (Å²) in [5.41, 5.74) is 6.84. The van der Waals surface area contributed by atoms with Crippen LogP contribution in [0.15, 0.2) is 30.5 Å². The SMILES string of the molecule is CNC(=O)C(Cc1c[nH]c2ccccc12)OC(N)=O. The third kappa shape index (κ3) is 2.85. The number of likely N-dealkylation sites (N-methyl/N-ethyl adjacent to an activating group) is 1. The number of carbonyl (C=O) groups excluding carboxylic acids is 2. The van der Waals surface area contributed by atoms with Crippen LogP contribution in [-0.2, 0) is 16.0 Å². The number of carbonyl (C=O) groups is 2. The summed E-state index contributed by atoms with van der Waals surface area (Å²) >= 11 is 0. The molecule has 0 spiro atoms. The molecule has 2 aromatic rings. The predicted molar refractivity (Wildman–Crippen MR) is 70.5 cm³/mol. The predicted octanol–water partition coefficient (Wildman–Crippen LogP) is 0.920. The molecular weight excluding hydrogens is 246 g/mol. The van der Waals surface area contributed by atoms with E-state index in [4.69, 9.17) is 10.5 Å². The largest absolute Gasteiger partial charge is 0.436 e. The highest BCUT2D eigenvalue weighted by molar-refractivity contribution is 5.86. The van der Waals surface area contributed by atoms with Crippen molar-refractivity contribution < 1.29 is 14.3 Å². The van der Waals surface area contributed by atoms with E-state index in [1.165, 1.54) is 7.05 Å². The molecule has 1 aromatic heterocycles. The Morgan fingerprint density at radius 3 is 2.84 bits per heavy atom. The molecule has 0 fully saturated rings. The van der Waals surface area contributed by atoms with E-state index >= 15 is 0 Å². The Hall–Kier alpha value is -2.50. The van der Waals surface area contributed by atoms with Crippen LogP contribution >= 0.6 is 0 Å². The summed E-state index contributed by atoms with van der Waals surface area (Å²) in [5.74, 6) is -0.385. The molecule has 0 aliphatic rings. The lowest BCUT2D eigenvalue weighted by Gasteiger charge is -2.14. The number of primary amides is 1. The summed E-state index contributed by atoms with van der Waals surface area (Å²) in [6.45, 7) is 0. The number of hydrogen-bond donors (Lipinski definition) is 3. The fourth-order valence-electron chi connectivity index (χ4n) is 1.99. The van der Waals surface area contributed by atoms with Crippen LogP contribution in [0.25, 0.3) is 10.9 Å². The van der Waals surface area contributed by atoms with Gasteiger partial charge in [-0.15, -0.1) is 0 Å². The minimum Gasteiger partial charge on any atom is -0.436 e. The number of aromatic nitrogens is 1. The molecule has 6 heteroatoms. The number of fused-ring (bicyclic) bond motifs is 1. The van der Waals surface area contributed by atoms with Crippen LogP contribution in [0.3, 0.4) is 0 Å². The average molecular weight is 261 g/mol. The maximum absolute atomic E-state index is 11.7. The molecule has 1 atom stereocenters. The van der Waals surface area contributed by atoms with E-state index in [1.807, 2.05) is 24.3 Å². The van der Waals surface area contributed by atoms with Gasteiger partial charge in [-0.2, -0.15) is 0 Å². The molecule has 1 unspecified atom stereocenters. The molecule has 19 heavy (non-hydrogen) atoms. The molecule has 2 rings (SSSR count). The van der Waals surface area contributed by atoms with Crippen LogP contribution in [0.1, 0.15) is 5.56 Å². The monoisotopic (exact) mass is 261 g/mol. The molecule has 1 heterocycles. The average Bonchev–Trinajstić information content (AvgIpc) is 2.80. The van der Waals surface area contributed by atoms with Gasteiger partial charge in [0.25, 0.3) is 5.91 Å². The highest BCUT2D eigenvalue weighted by Crippen LogP contribution is 2.19. The first-order valence-corrected chi connectivity index (χ1v) is 5.84. The fourth-order valence-corrected chi connectivity index (χ4v) is 1.99. The van der Waals surface area contributed by atoms with Crippen molar-refractivity contribution in [2.45, 2.75) is 12.5 Å². The van der Waals surface area contributed by atoms with E-state index in [0.717, 1.165) is 16.5 Å². The zero-order valence-corrected chi connectivity index (χ0v) is 10.5. The summed E-state index contributed by atoms with van der Waals surface area (Å²) in [4.78, 5) is 25.6. The van der Waals surface area contributed by atoms with Gasteiger partial charge >= 0.3 is 6.09 Å². The molecule has 6 nitrogen and oxygen atoms in total. The number of hydrogen-bond acceptors (Lipinski definition) is 3. The Morgan fingerprint density at radius 2 is 2.16 bits per heavy atom. The van der Waals surface area contributed by atoms with E-state index < -0.39 is 12.2 Å². The normalized spacial score (nSPS) is 12.1. The standard InChI is InChI=1S/C13H15N3O3/c1-15-12(17)11(19-13(14)18)6-8-7-16-10-5-3-2-4-9(8)10/h2-5,7,11,16H,6H2,1H3,(H2,14,18)(H,15,17). The first-order valence-electron chi connectivity index (χ1n) is 5.84. The van der Waals surface area contributed by atoms with Crippen LogP contribution in [0.5, 0.6) is 0 Å². The van der Waals surface area contributed by atoms with Crippen molar-refractivity contribution in [2.75, 3.05) is 7.05 Å². The lowest BCUT2D eigenvalue weighted by molar-refractivity contribution is -0.128. The molecule has 0 bridgehead atoms. The van der Waals surface area contributed by atoms with Crippen molar-refractivity contribution >= 4 is 22.9 Å². The van der Waals surface area contributed by atoms with Gasteiger partial charge in [-0.3, -0.25) is 4.79 Å². The summed E-state index contributed by atoms with van der Waals surface area (Å²) in [6.07, 6.45) is 0.174. The number of H-pyrrole nitrogens is 1. The van der Waals surface area contributed by atoms with Crippen LogP contribution in [-0.4, -0.2) is 30.1 Å². The van der Waals surface area contributed by atoms with Gasteiger partial charge in [0, 0.05) is 30.6 Å². The van der Waals surface area contributed by atoms with Gasteiger partial charge in [0.15, 0.2) is 6.10 Å². The van der Waals surface area contributed by atoms with Crippen LogP contribution in [0.2, 0.25) is 0 Å². The van der Waals surface area contributed by atoms with Gasteiger partial charge < -0.3 is 20.8 Å². The summed E-state index contributed by atoms with van der Waals surface area (Å²) in [7, 11) is 1.48. The Kier molecular flexibility index (Phi) is 3.70. The highest BCUT2D eigenvalue weighted by Gasteiger charge is 2.22. The van der Waals surface area contributed by atoms with Gasteiger partial charge in [0.1, 0.15) is 0 Å². The van der Waals surface area contributed by atoms with Gasteiger partial charge in [0.2, 0.25) is 0 Å². The van der Waals surface area contributed by atoms with Crippen LogP contribution in [0, 0.1) is 0 Å². The molecule has 0 aliphatic heterocycles. The topological polar surface area (TPSA) is 97.2 Å². The zero-order valence-electron chi connectivity index (χ0n) is 10.5. The molecule has 0 aliphatic carbocycles. The zero-order chi connectivity index (χ0) is 13.8. The third-order valence-electron chi connectivity index (χ3n) is 2.88. The maximum atomic E-state index is 11.7. The molecule has 0 saturated carbocycles. The maximum Gasteiger partial charge on any atom is 0.405 e. The summed E-state index contributed by atoms with van der Waals surface area (Å²) < 4.78 is 4.84. The number of para-hydroxylation sites is 1. The van der Waals surface area contributed by atoms with Crippen molar-refractivity contribution in [2.24, 2.45) is 5.73 Å². The van der Waals surface area contributed by atoms with Gasteiger partial charge in [-0.1, -0.05) is 18.2 Å². The minimum absolute atomic E-state index is 0.270. The quantitative estimate of drug-likeness (QED) is 0.763. The van der Waals surface area contributed by atoms with E-state index in [0.29, 0.717) is 0 Å². The molecule has 0 saturated heterocycles. The van der Waals surface area contributed by atoms with Crippen molar-refractivity contribution in [3.8, 4) is 0 Å². The lowest BCUT2D eigenvalue weighted by atomic mass is 10.1. The second kappa shape index (κ2) is 5.43. The Bertz CT molecular complexity index is 606. The van der Waals surface area contributed by atoms with E-state index in [2.05, 4.69) is 10.3 Å². The van der Waals surface area contributed by atoms with Gasteiger partial charge in [-0.25, -0.2) is 4.79 Å². The lowest BCUT2D eigenvalue weighted by Crippen LogP contribution is -2.38. The first-order chi connectivity index (χ1) is 9.11. The Labute approximate surface area is 109 Å². The Morgan fingerprint density at radius 1 is 1.42 bits per heavy atom. The van der Waals surface area contributed by atoms with Crippen molar-refractivity contribution in [3.05, 3.63) is 36.0 Å². The van der Waals surface area contributed by atoms with Crippen molar-refractivity contribution in [1.29, 1.82) is 0 Å². The number of ether oxygens (including phenoxy) is 1. The summed E-state index contributed by atoms with van der Waals surface area (Å²) in [5, 5.41) is 3.44. The molecule has 1 aromatic carbocycles. The van der Waals surface area contributed by atoms with E-state index in [9.17, 15) is 9.59 Å². The second-order valence-corrected chi connectivity index (χ2v) is 4.10. The number of rotatable bonds is 4.